The normalized spacial score (nSPS) is 25.1. The predicted octanol–water partition coefficient (Wildman–Crippen LogP) is 1.83. The molecule has 0 spiro atoms. The Labute approximate surface area is 155 Å². The van der Waals surface area contributed by atoms with Crippen molar-refractivity contribution in [2.24, 2.45) is 4.99 Å². The molecule has 1 atom stereocenters. The van der Waals surface area contributed by atoms with E-state index in [4.69, 9.17) is 9.73 Å². The van der Waals surface area contributed by atoms with Crippen molar-refractivity contribution < 1.29 is 4.74 Å². The molecule has 4 rings (SSSR count). The van der Waals surface area contributed by atoms with Crippen molar-refractivity contribution in [3.63, 3.8) is 0 Å². The van der Waals surface area contributed by atoms with E-state index in [2.05, 4.69) is 64.5 Å². The van der Waals surface area contributed by atoms with Crippen molar-refractivity contribution in [3.8, 4) is 5.75 Å². The van der Waals surface area contributed by atoms with E-state index < -0.39 is 0 Å². The molecule has 26 heavy (non-hydrogen) atoms. The van der Waals surface area contributed by atoms with E-state index in [0.29, 0.717) is 0 Å². The zero-order valence-corrected chi connectivity index (χ0v) is 16.0. The number of nitrogens with zero attached hydrogens (tertiary/aromatic N) is 4. The van der Waals surface area contributed by atoms with Crippen LogP contribution in [0.3, 0.4) is 0 Å². The Morgan fingerprint density at radius 2 is 1.92 bits per heavy atom. The Balaban J connectivity index is 1.73. The largest absolute Gasteiger partial charge is 0.453 e. The van der Waals surface area contributed by atoms with Crippen molar-refractivity contribution in [3.05, 3.63) is 42.2 Å². The van der Waals surface area contributed by atoms with Crippen molar-refractivity contribution in [1.29, 1.82) is 0 Å². The van der Waals surface area contributed by atoms with Gasteiger partial charge in [0.15, 0.2) is 11.5 Å². The molecule has 3 aliphatic rings. The van der Waals surface area contributed by atoms with Gasteiger partial charge in [0.2, 0.25) is 0 Å². The Bertz CT molecular complexity index is 789. The second kappa shape index (κ2) is 6.54. The first-order chi connectivity index (χ1) is 12.5. The summed E-state index contributed by atoms with van der Waals surface area (Å²) in [7, 11) is 8.30. The number of anilines is 1. The summed E-state index contributed by atoms with van der Waals surface area (Å²) < 4.78 is 6.31. The number of aliphatic imine (C=N–C) groups is 1. The first-order valence-corrected chi connectivity index (χ1v) is 9.13. The van der Waals surface area contributed by atoms with Crippen LogP contribution in [-0.2, 0) is 0 Å². The average Bonchev–Trinajstić information content (AvgIpc) is 2.65. The summed E-state index contributed by atoms with van der Waals surface area (Å²) >= 11 is 0. The third-order valence-electron chi connectivity index (χ3n) is 5.34. The number of nitrogens with one attached hydrogen (secondary N) is 1. The first kappa shape index (κ1) is 17.3. The molecule has 0 amide bonds. The minimum atomic E-state index is -0.285. The van der Waals surface area contributed by atoms with E-state index in [0.717, 1.165) is 54.8 Å². The molecule has 6 heteroatoms. The van der Waals surface area contributed by atoms with Crippen LogP contribution in [0.5, 0.6) is 5.75 Å². The van der Waals surface area contributed by atoms with Crippen LogP contribution in [0.4, 0.5) is 11.4 Å². The van der Waals surface area contributed by atoms with Gasteiger partial charge in [-0.1, -0.05) is 0 Å². The Hall–Kier alpha value is -2.15. The number of benzene rings is 1. The molecule has 1 aromatic carbocycles. The zero-order chi connectivity index (χ0) is 18.3. The number of fused-ring (bicyclic) bond motifs is 2. The number of ether oxygens (including phenoxy) is 1. The monoisotopic (exact) mass is 353 g/mol. The van der Waals surface area contributed by atoms with E-state index in [1.807, 2.05) is 20.2 Å². The van der Waals surface area contributed by atoms with Crippen LogP contribution in [0.15, 0.2) is 47.2 Å². The lowest BCUT2D eigenvalue weighted by Gasteiger charge is -2.47. The van der Waals surface area contributed by atoms with Crippen LogP contribution in [0.25, 0.3) is 0 Å². The van der Waals surface area contributed by atoms with E-state index in [9.17, 15) is 0 Å². The highest BCUT2D eigenvalue weighted by molar-refractivity contribution is 6.11. The molecule has 1 unspecified atom stereocenters. The molecular formula is C20H27N5O. The number of hydrogen-bond acceptors (Lipinski definition) is 6. The lowest BCUT2D eigenvalue weighted by atomic mass is 9.96. The quantitative estimate of drug-likeness (QED) is 0.898. The molecule has 0 bridgehead atoms. The van der Waals surface area contributed by atoms with E-state index in [1.165, 1.54) is 0 Å². The van der Waals surface area contributed by atoms with Gasteiger partial charge < -0.3 is 15.0 Å². The molecule has 6 nitrogen and oxygen atoms in total. The van der Waals surface area contributed by atoms with Crippen LogP contribution in [-0.4, -0.2) is 75.5 Å². The highest BCUT2D eigenvalue weighted by Gasteiger charge is 2.39. The third-order valence-corrected chi connectivity index (χ3v) is 5.34. The molecule has 1 fully saturated rings. The molecule has 0 saturated carbocycles. The van der Waals surface area contributed by atoms with Crippen LogP contribution in [0, 0.1) is 0 Å². The second-order valence-corrected chi connectivity index (χ2v) is 7.40. The highest BCUT2D eigenvalue weighted by Crippen LogP contribution is 2.39. The lowest BCUT2D eigenvalue weighted by molar-refractivity contribution is 0.0378. The smallest absolute Gasteiger partial charge is 0.155 e. The minimum Gasteiger partial charge on any atom is -0.453 e. The topological polar surface area (TPSA) is 43.3 Å². The fourth-order valence-corrected chi connectivity index (χ4v) is 3.76. The molecule has 0 radical (unpaired) electrons. The summed E-state index contributed by atoms with van der Waals surface area (Å²) in [6, 6.07) is 6.14. The summed E-state index contributed by atoms with van der Waals surface area (Å²) in [6.45, 7) is 4.01. The van der Waals surface area contributed by atoms with E-state index in [-0.39, 0.29) is 5.66 Å². The fourth-order valence-electron chi connectivity index (χ4n) is 3.76. The number of hydrogen-bond donors (Lipinski definition) is 1. The number of piperazine rings is 1. The molecular weight excluding hydrogens is 326 g/mol. The maximum atomic E-state index is 6.31. The summed E-state index contributed by atoms with van der Waals surface area (Å²) in [6.07, 6.45) is 6.55. The van der Waals surface area contributed by atoms with Gasteiger partial charge in [-0.15, -0.1) is 0 Å². The standard InChI is InChI=1S/C20H27N5O/c1-23(2)15-5-6-16-18(13-15)26-19-14-20(24(3)4,8-7-17(19)22-16)25-11-9-21-10-12-25/h5-8,13-14,21H,9-12H2,1-4H3. The second-order valence-electron chi connectivity index (χ2n) is 7.40. The van der Waals surface area contributed by atoms with Crippen molar-refractivity contribution in [2.45, 2.75) is 5.66 Å². The SMILES string of the molecule is CN(C)c1ccc2c(c1)OC1=CC(N(C)C)(N3CCNCC3)C=CC1=N2. The van der Waals surface area contributed by atoms with Crippen LogP contribution in [0.2, 0.25) is 0 Å². The fraction of sp³-hybridized carbons (Fsp3) is 0.450. The van der Waals surface area contributed by atoms with Gasteiger partial charge in [0, 0.05) is 52.0 Å². The highest BCUT2D eigenvalue weighted by atomic mass is 16.5. The Morgan fingerprint density at radius 1 is 1.15 bits per heavy atom. The van der Waals surface area contributed by atoms with Gasteiger partial charge in [0.1, 0.15) is 17.1 Å². The van der Waals surface area contributed by atoms with Crippen molar-refractivity contribution >= 4 is 17.1 Å². The average molecular weight is 353 g/mol. The molecule has 1 aromatic rings. The van der Waals surface area contributed by atoms with Gasteiger partial charge in [-0.3, -0.25) is 9.80 Å². The lowest BCUT2D eigenvalue weighted by Crippen LogP contribution is -2.61. The van der Waals surface area contributed by atoms with Crippen LogP contribution < -0.4 is 15.0 Å². The molecule has 1 saturated heterocycles. The van der Waals surface area contributed by atoms with Gasteiger partial charge in [0.25, 0.3) is 0 Å². The molecule has 1 aliphatic carbocycles. The van der Waals surface area contributed by atoms with Gasteiger partial charge in [-0.25, -0.2) is 4.99 Å². The maximum Gasteiger partial charge on any atom is 0.155 e. The van der Waals surface area contributed by atoms with Gasteiger partial charge in [-0.2, -0.15) is 0 Å². The summed E-state index contributed by atoms with van der Waals surface area (Å²) in [5.74, 6) is 1.65. The summed E-state index contributed by atoms with van der Waals surface area (Å²) in [5.41, 5.74) is 2.59. The number of likely N-dealkylation sites (N-methyl/N-ethyl adjacent to an activating group) is 1. The number of allylic oxidation sites excluding steroid dienone is 1. The molecule has 138 valence electrons. The maximum absolute atomic E-state index is 6.31. The van der Waals surface area contributed by atoms with Gasteiger partial charge >= 0.3 is 0 Å². The van der Waals surface area contributed by atoms with Crippen LogP contribution >= 0.6 is 0 Å². The van der Waals surface area contributed by atoms with Crippen molar-refractivity contribution in [1.82, 2.24) is 15.1 Å². The summed E-state index contributed by atoms with van der Waals surface area (Å²) in [5, 5.41) is 3.43. The Kier molecular flexibility index (Phi) is 4.34. The zero-order valence-electron chi connectivity index (χ0n) is 16.0. The molecule has 2 aliphatic heterocycles. The van der Waals surface area contributed by atoms with Crippen LogP contribution in [0.1, 0.15) is 0 Å². The minimum absolute atomic E-state index is 0.285. The first-order valence-electron chi connectivity index (χ1n) is 9.13. The van der Waals surface area contributed by atoms with Crippen molar-refractivity contribution in [2.75, 3.05) is 59.3 Å². The molecule has 1 N–H and O–H groups in total. The summed E-state index contributed by atoms with van der Waals surface area (Å²) in [4.78, 5) is 11.6. The predicted molar refractivity (Wildman–Crippen MR) is 107 cm³/mol. The van der Waals surface area contributed by atoms with E-state index >= 15 is 0 Å². The third kappa shape index (κ3) is 2.84. The Morgan fingerprint density at radius 3 is 2.62 bits per heavy atom. The molecule has 0 aromatic heterocycles. The number of rotatable bonds is 3. The van der Waals surface area contributed by atoms with Gasteiger partial charge in [-0.05, 0) is 44.5 Å². The van der Waals surface area contributed by atoms with Gasteiger partial charge in [0.05, 0.1) is 0 Å². The molecule has 2 heterocycles. The van der Waals surface area contributed by atoms with E-state index in [1.54, 1.807) is 0 Å².